The normalized spacial score (nSPS) is 12.1. The van der Waals surface area contributed by atoms with Crippen molar-refractivity contribution < 1.29 is 0 Å². The smallest absolute Gasteiger partial charge is 0.194 e. The van der Waals surface area contributed by atoms with Crippen LogP contribution in [0.1, 0.15) is 26.5 Å². The molecule has 3 rings (SSSR count). The maximum atomic E-state index is 4.73. The van der Waals surface area contributed by atoms with Crippen LogP contribution in [0, 0.1) is 0 Å². The minimum Gasteiger partial charge on any atom is -0.306 e. The van der Waals surface area contributed by atoms with E-state index >= 15 is 0 Å². The van der Waals surface area contributed by atoms with E-state index in [0.717, 1.165) is 21.6 Å². The number of hydrogen-bond donors (Lipinski definition) is 1. The molecule has 1 N–H and O–H groups in total. The van der Waals surface area contributed by atoms with Crippen LogP contribution < -0.4 is 5.32 Å². The summed E-state index contributed by atoms with van der Waals surface area (Å²) in [7, 11) is 0. The summed E-state index contributed by atoms with van der Waals surface area (Å²) in [6.07, 6.45) is 3.89. The molecule has 0 aromatic carbocycles. The van der Waals surface area contributed by atoms with Gasteiger partial charge in [0.2, 0.25) is 0 Å². The molecule has 3 aromatic heterocycles. The molecule has 6 heteroatoms. The van der Waals surface area contributed by atoms with Gasteiger partial charge in [0.15, 0.2) is 4.96 Å². The second-order valence-electron chi connectivity index (χ2n) is 5.79. The summed E-state index contributed by atoms with van der Waals surface area (Å²) >= 11 is 3.28. The molecule has 0 spiro atoms. The van der Waals surface area contributed by atoms with Crippen LogP contribution >= 0.6 is 23.1 Å². The highest BCUT2D eigenvalue weighted by atomic mass is 32.2. The van der Waals surface area contributed by atoms with Crippen LogP contribution in [0.15, 0.2) is 46.0 Å². The lowest BCUT2D eigenvalue weighted by molar-refractivity contribution is 0.418. The average molecular weight is 318 g/mol. The van der Waals surface area contributed by atoms with Crippen LogP contribution in [0.2, 0.25) is 0 Å². The predicted molar refractivity (Wildman–Crippen MR) is 88.0 cm³/mol. The molecule has 110 valence electrons. The van der Waals surface area contributed by atoms with Crippen LogP contribution in [0.4, 0.5) is 0 Å². The van der Waals surface area contributed by atoms with E-state index in [1.54, 1.807) is 23.1 Å². The van der Waals surface area contributed by atoms with Crippen LogP contribution in [0.5, 0.6) is 0 Å². The summed E-state index contributed by atoms with van der Waals surface area (Å²) in [5.41, 5.74) is 1.27. The quantitative estimate of drug-likeness (QED) is 0.794. The Labute approximate surface area is 132 Å². The standard InChI is InChI=1S/C15H18N4S2/c1-15(2,3)17-10-11-13(18-14-19(11)8-9-20-14)21-12-6-4-5-7-16-12/h4-9,17H,10H2,1-3H3. The number of aromatic nitrogens is 3. The number of imidazole rings is 1. The van der Waals surface area contributed by atoms with E-state index in [-0.39, 0.29) is 5.54 Å². The summed E-state index contributed by atoms with van der Waals surface area (Å²) in [4.78, 5) is 10.1. The fourth-order valence-corrected chi connectivity index (χ4v) is 3.58. The molecule has 0 aliphatic carbocycles. The minimum absolute atomic E-state index is 0.0765. The van der Waals surface area contributed by atoms with Crippen LogP contribution in [-0.4, -0.2) is 19.9 Å². The van der Waals surface area contributed by atoms with Crippen LogP contribution in [0.25, 0.3) is 4.96 Å². The summed E-state index contributed by atoms with van der Waals surface area (Å²) in [6, 6.07) is 5.94. The van der Waals surface area contributed by atoms with Crippen molar-refractivity contribution in [2.24, 2.45) is 0 Å². The van der Waals surface area contributed by atoms with Gasteiger partial charge in [0.25, 0.3) is 0 Å². The Hall–Kier alpha value is -1.37. The van der Waals surface area contributed by atoms with Crippen molar-refractivity contribution in [1.29, 1.82) is 0 Å². The predicted octanol–water partition coefficient (Wildman–Crippen LogP) is 3.83. The third kappa shape index (κ3) is 3.45. The minimum atomic E-state index is 0.0765. The largest absolute Gasteiger partial charge is 0.306 e. The zero-order valence-electron chi connectivity index (χ0n) is 12.3. The first-order valence-electron chi connectivity index (χ1n) is 6.81. The lowest BCUT2D eigenvalue weighted by Crippen LogP contribution is -2.35. The highest BCUT2D eigenvalue weighted by molar-refractivity contribution is 7.99. The molecule has 3 heterocycles. The summed E-state index contributed by atoms with van der Waals surface area (Å²) in [5.74, 6) is 0. The molecule has 0 atom stereocenters. The van der Waals surface area contributed by atoms with Crippen molar-refractivity contribution in [3.63, 3.8) is 0 Å². The first-order chi connectivity index (χ1) is 10.0. The number of rotatable bonds is 4. The van der Waals surface area contributed by atoms with Crippen molar-refractivity contribution in [2.45, 2.75) is 42.9 Å². The van der Waals surface area contributed by atoms with Crippen LogP contribution in [-0.2, 0) is 6.54 Å². The number of pyridine rings is 1. The van der Waals surface area contributed by atoms with E-state index in [4.69, 9.17) is 4.98 Å². The van der Waals surface area contributed by atoms with Gasteiger partial charge in [-0.1, -0.05) is 6.07 Å². The average Bonchev–Trinajstić information content (AvgIpc) is 2.98. The molecule has 0 unspecified atom stereocenters. The summed E-state index contributed by atoms with van der Waals surface area (Å²) in [6.45, 7) is 7.30. The van der Waals surface area contributed by atoms with Gasteiger partial charge in [0.1, 0.15) is 10.1 Å². The van der Waals surface area contributed by atoms with E-state index in [0.29, 0.717) is 0 Å². The van der Waals surface area contributed by atoms with Gasteiger partial charge in [-0.15, -0.1) is 11.3 Å². The van der Waals surface area contributed by atoms with E-state index < -0.39 is 0 Å². The van der Waals surface area contributed by atoms with Crippen molar-refractivity contribution in [1.82, 2.24) is 19.7 Å². The first kappa shape index (κ1) is 14.6. The van der Waals surface area contributed by atoms with Crippen molar-refractivity contribution in [3.8, 4) is 0 Å². The summed E-state index contributed by atoms with van der Waals surface area (Å²) in [5, 5.41) is 7.61. The van der Waals surface area contributed by atoms with Gasteiger partial charge >= 0.3 is 0 Å². The Kier molecular flexibility index (Phi) is 4.01. The highest BCUT2D eigenvalue weighted by Gasteiger charge is 2.17. The zero-order valence-corrected chi connectivity index (χ0v) is 14.0. The van der Waals surface area contributed by atoms with Crippen molar-refractivity contribution in [2.75, 3.05) is 0 Å². The number of hydrogen-bond acceptors (Lipinski definition) is 5. The van der Waals surface area contributed by atoms with Gasteiger partial charge in [-0.2, -0.15) is 0 Å². The lowest BCUT2D eigenvalue weighted by Gasteiger charge is -2.20. The van der Waals surface area contributed by atoms with Gasteiger partial charge in [-0.25, -0.2) is 9.97 Å². The molecule has 0 amide bonds. The lowest BCUT2D eigenvalue weighted by atomic mass is 10.1. The fraction of sp³-hybridized carbons (Fsp3) is 0.333. The molecule has 0 fully saturated rings. The maximum Gasteiger partial charge on any atom is 0.194 e. The van der Waals surface area contributed by atoms with Crippen molar-refractivity contribution >= 4 is 28.1 Å². The second-order valence-corrected chi connectivity index (χ2v) is 7.67. The third-order valence-electron chi connectivity index (χ3n) is 2.95. The van der Waals surface area contributed by atoms with Gasteiger partial charge in [-0.3, -0.25) is 4.40 Å². The highest BCUT2D eigenvalue weighted by Crippen LogP contribution is 2.30. The van der Waals surface area contributed by atoms with E-state index in [9.17, 15) is 0 Å². The molecule has 0 saturated heterocycles. The Morgan fingerprint density at radius 3 is 2.90 bits per heavy atom. The maximum absolute atomic E-state index is 4.73. The Balaban J connectivity index is 1.92. The molecule has 0 aliphatic heterocycles. The Bertz CT molecular complexity index is 725. The molecular formula is C15H18N4S2. The molecule has 0 radical (unpaired) electrons. The molecule has 0 aliphatic rings. The number of nitrogens with one attached hydrogen (secondary N) is 1. The molecule has 3 aromatic rings. The Morgan fingerprint density at radius 2 is 2.19 bits per heavy atom. The van der Waals surface area contributed by atoms with Gasteiger partial charge in [-0.05, 0) is 44.7 Å². The van der Waals surface area contributed by atoms with E-state index in [1.165, 1.54) is 5.69 Å². The number of fused-ring (bicyclic) bond motifs is 1. The van der Waals surface area contributed by atoms with Crippen LogP contribution in [0.3, 0.4) is 0 Å². The number of nitrogens with zero attached hydrogens (tertiary/aromatic N) is 3. The van der Waals surface area contributed by atoms with Crippen molar-refractivity contribution in [3.05, 3.63) is 41.7 Å². The molecule has 0 saturated carbocycles. The second kappa shape index (κ2) is 5.79. The zero-order chi connectivity index (χ0) is 14.9. The van der Waals surface area contributed by atoms with E-state index in [1.807, 2.05) is 24.4 Å². The Morgan fingerprint density at radius 1 is 1.33 bits per heavy atom. The monoisotopic (exact) mass is 318 g/mol. The molecule has 4 nitrogen and oxygen atoms in total. The topological polar surface area (TPSA) is 42.2 Å². The van der Waals surface area contributed by atoms with Gasteiger partial charge < -0.3 is 5.32 Å². The first-order valence-corrected chi connectivity index (χ1v) is 8.51. The van der Waals surface area contributed by atoms with Gasteiger partial charge in [0, 0.05) is 29.9 Å². The number of thiazole rings is 1. The molecular weight excluding hydrogens is 300 g/mol. The van der Waals surface area contributed by atoms with Gasteiger partial charge in [0.05, 0.1) is 5.69 Å². The third-order valence-corrected chi connectivity index (χ3v) is 4.68. The van der Waals surface area contributed by atoms with E-state index in [2.05, 4.69) is 47.0 Å². The SMILES string of the molecule is CC(C)(C)NCc1c(Sc2ccccn2)nc2sccn12. The fourth-order valence-electron chi connectivity index (χ4n) is 1.91. The summed E-state index contributed by atoms with van der Waals surface area (Å²) < 4.78 is 2.16. The molecule has 21 heavy (non-hydrogen) atoms. The molecule has 0 bridgehead atoms.